The van der Waals surface area contributed by atoms with Gasteiger partial charge in [0, 0.05) is 19.4 Å². The van der Waals surface area contributed by atoms with E-state index in [0.29, 0.717) is 19.4 Å². The van der Waals surface area contributed by atoms with Gasteiger partial charge in [-0.3, -0.25) is 29.0 Å². The molecule has 0 rings (SSSR count). The average Bonchev–Trinajstić information content (AvgIpc) is 2.85. The molecule has 0 aromatic rings. The second kappa shape index (κ2) is 19.1. The lowest BCUT2D eigenvalue weighted by Gasteiger charge is -2.25. The highest BCUT2D eigenvalue weighted by Gasteiger charge is 2.30. The number of rotatable bonds is 21. The van der Waals surface area contributed by atoms with E-state index < -0.39 is 66.2 Å². The highest BCUT2D eigenvalue weighted by atomic mass is 16.4. The van der Waals surface area contributed by atoms with Crippen molar-refractivity contribution in [2.75, 3.05) is 13.1 Å². The summed E-state index contributed by atoms with van der Waals surface area (Å²) in [4.78, 5) is 75.9. The Hall–Kier alpha value is -3.99. The van der Waals surface area contributed by atoms with Crippen LogP contribution in [0.1, 0.15) is 57.8 Å². The van der Waals surface area contributed by atoms with Crippen LogP contribution < -0.4 is 44.6 Å². The molecule has 4 amide bonds. The number of hydrogen-bond acceptors (Lipinski definition) is 9. The minimum Gasteiger partial charge on any atom is -0.481 e. The van der Waals surface area contributed by atoms with Gasteiger partial charge in [-0.2, -0.15) is 0 Å². The number of carbonyl (C=O) groups is 6. The molecule has 4 unspecified atom stereocenters. The predicted molar refractivity (Wildman–Crippen MR) is 140 cm³/mol. The van der Waals surface area contributed by atoms with Crippen LogP contribution in [0.15, 0.2) is 4.99 Å². The van der Waals surface area contributed by atoms with Gasteiger partial charge in [0.05, 0.1) is 6.04 Å². The number of unbranched alkanes of at least 4 members (excludes halogenated alkanes) is 1. The van der Waals surface area contributed by atoms with Gasteiger partial charge in [-0.1, -0.05) is 0 Å². The predicted octanol–water partition coefficient (Wildman–Crippen LogP) is -3.83. The molecule has 39 heavy (non-hydrogen) atoms. The van der Waals surface area contributed by atoms with Gasteiger partial charge in [-0.05, 0) is 51.5 Å². The van der Waals surface area contributed by atoms with Crippen LogP contribution >= 0.6 is 0 Å². The molecule has 17 heteroatoms. The number of aliphatic carboxylic acids is 2. The highest BCUT2D eigenvalue weighted by molar-refractivity contribution is 5.94. The van der Waals surface area contributed by atoms with Crippen LogP contribution in [0, 0.1) is 0 Å². The quantitative estimate of drug-likeness (QED) is 0.0367. The summed E-state index contributed by atoms with van der Waals surface area (Å²) in [5.74, 6) is -5.91. The van der Waals surface area contributed by atoms with Crippen LogP contribution in [0.25, 0.3) is 0 Å². The molecule has 0 aliphatic carbocycles. The first-order valence-corrected chi connectivity index (χ1v) is 12.4. The Morgan fingerprint density at radius 2 is 1.23 bits per heavy atom. The van der Waals surface area contributed by atoms with Gasteiger partial charge in [-0.15, -0.1) is 0 Å². The first-order valence-electron chi connectivity index (χ1n) is 12.4. The number of carboxylic acids is 2. The lowest BCUT2D eigenvalue weighted by Crippen LogP contribution is -2.57. The van der Waals surface area contributed by atoms with Crippen molar-refractivity contribution in [2.45, 2.75) is 82.0 Å². The molecule has 0 aliphatic heterocycles. The van der Waals surface area contributed by atoms with Crippen LogP contribution in [0.2, 0.25) is 0 Å². The number of carbonyl (C=O) groups excluding carboxylic acids is 4. The third kappa shape index (κ3) is 16.5. The van der Waals surface area contributed by atoms with Crippen molar-refractivity contribution < 1.29 is 39.0 Å². The third-order valence-electron chi connectivity index (χ3n) is 5.46. The molecule has 0 aliphatic rings. The number of hydrogen-bond donors (Lipinski definition) is 10. The number of nitrogens with zero attached hydrogens (tertiary/aromatic N) is 1. The number of carboxylic acid groups (broad SMARTS) is 2. The lowest BCUT2D eigenvalue weighted by atomic mass is 10.0. The zero-order chi connectivity index (χ0) is 30.0. The van der Waals surface area contributed by atoms with E-state index in [2.05, 4.69) is 20.9 Å². The zero-order valence-electron chi connectivity index (χ0n) is 21.8. The Balaban J connectivity index is 5.57. The fourth-order valence-electron chi connectivity index (χ4n) is 3.31. The number of guanidine groups is 1. The molecule has 0 fully saturated rings. The molecule has 0 radical (unpaired) electrons. The summed E-state index contributed by atoms with van der Waals surface area (Å²) in [6, 6.07) is -5.09. The molecular weight excluding hydrogens is 518 g/mol. The lowest BCUT2D eigenvalue weighted by molar-refractivity contribution is -0.143. The molecule has 0 saturated carbocycles. The highest BCUT2D eigenvalue weighted by Crippen LogP contribution is 2.07. The number of nitrogens with two attached hydrogens (primary N) is 5. The minimum atomic E-state index is -1.43. The van der Waals surface area contributed by atoms with Gasteiger partial charge < -0.3 is 54.8 Å². The van der Waals surface area contributed by atoms with Crippen molar-refractivity contribution in [3.63, 3.8) is 0 Å². The molecule has 15 N–H and O–H groups in total. The molecule has 0 aromatic heterocycles. The molecular formula is C22H41N9O8. The first kappa shape index (κ1) is 35.0. The van der Waals surface area contributed by atoms with E-state index in [1.54, 1.807) is 0 Å². The molecule has 0 aromatic carbocycles. The van der Waals surface area contributed by atoms with Crippen molar-refractivity contribution in [1.82, 2.24) is 16.0 Å². The van der Waals surface area contributed by atoms with Gasteiger partial charge in [0.25, 0.3) is 0 Å². The van der Waals surface area contributed by atoms with E-state index in [1.807, 2.05) is 0 Å². The molecule has 0 bridgehead atoms. The van der Waals surface area contributed by atoms with Crippen LogP contribution in [-0.4, -0.2) is 89.0 Å². The van der Waals surface area contributed by atoms with Gasteiger partial charge in [0.15, 0.2) is 5.96 Å². The van der Waals surface area contributed by atoms with Crippen LogP contribution in [0.5, 0.6) is 0 Å². The molecule has 222 valence electrons. The summed E-state index contributed by atoms with van der Waals surface area (Å²) in [7, 11) is 0. The third-order valence-corrected chi connectivity index (χ3v) is 5.46. The molecule has 0 saturated heterocycles. The minimum absolute atomic E-state index is 0.0432. The normalized spacial score (nSPS) is 13.7. The summed E-state index contributed by atoms with van der Waals surface area (Å²) in [5.41, 5.74) is 26.8. The maximum atomic E-state index is 13.1. The van der Waals surface area contributed by atoms with Crippen molar-refractivity contribution in [1.29, 1.82) is 0 Å². The maximum Gasteiger partial charge on any atom is 0.326 e. The van der Waals surface area contributed by atoms with Gasteiger partial charge >= 0.3 is 11.9 Å². The number of primary amides is 1. The SMILES string of the molecule is NCCCCC(NC(=O)C(N)CCC(N)=O)C(=O)NC(CCC(=O)O)C(=O)NC(CCCN=C(N)N)C(=O)O. The monoisotopic (exact) mass is 559 g/mol. The summed E-state index contributed by atoms with van der Waals surface area (Å²) in [6.07, 6.45) is 0.175. The van der Waals surface area contributed by atoms with E-state index in [-0.39, 0.29) is 51.0 Å². The second-order valence-corrected chi connectivity index (χ2v) is 8.80. The van der Waals surface area contributed by atoms with Crippen LogP contribution in [-0.2, 0) is 28.8 Å². The Bertz CT molecular complexity index is 880. The summed E-state index contributed by atoms with van der Waals surface area (Å²) < 4.78 is 0. The van der Waals surface area contributed by atoms with E-state index in [0.717, 1.165) is 0 Å². The fraction of sp³-hybridized carbons (Fsp3) is 0.682. The van der Waals surface area contributed by atoms with Gasteiger partial charge in [-0.25, -0.2) is 4.79 Å². The van der Waals surface area contributed by atoms with Gasteiger partial charge in [0.2, 0.25) is 23.6 Å². The Labute approximate surface area is 225 Å². The average molecular weight is 560 g/mol. The van der Waals surface area contributed by atoms with Crippen molar-refractivity contribution >= 4 is 41.5 Å². The van der Waals surface area contributed by atoms with E-state index in [1.165, 1.54) is 0 Å². The molecule has 4 atom stereocenters. The first-order chi connectivity index (χ1) is 18.3. The van der Waals surface area contributed by atoms with E-state index >= 15 is 0 Å². The molecule has 0 spiro atoms. The summed E-state index contributed by atoms with van der Waals surface area (Å²) in [5, 5.41) is 25.7. The Morgan fingerprint density at radius 3 is 1.74 bits per heavy atom. The fourth-order valence-corrected chi connectivity index (χ4v) is 3.31. The second-order valence-electron chi connectivity index (χ2n) is 8.80. The standard InChI is InChI=1S/C22H41N9O8/c23-10-2-1-4-13(29-18(35)12(24)6-8-16(25)32)19(36)30-14(7-9-17(33)34)20(37)31-15(21(38)39)5-3-11-28-22(26)27/h12-15H,1-11,23-24H2,(H2,25,32)(H,29,35)(H,30,36)(H,31,37)(H,33,34)(H,38,39)(H4,26,27,28). The van der Waals surface area contributed by atoms with Crippen molar-refractivity contribution in [3.05, 3.63) is 0 Å². The van der Waals surface area contributed by atoms with Crippen LogP contribution in [0.3, 0.4) is 0 Å². The summed E-state index contributed by atoms with van der Waals surface area (Å²) >= 11 is 0. The molecule has 17 nitrogen and oxygen atoms in total. The Kier molecular flexibility index (Phi) is 17.2. The molecule has 0 heterocycles. The topological polar surface area (TPSA) is 321 Å². The van der Waals surface area contributed by atoms with Crippen molar-refractivity contribution in [3.8, 4) is 0 Å². The number of aliphatic imine (C=N–C) groups is 1. The number of nitrogens with one attached hydrogen (secondary N) is 3. The maximum absolute atomic E-state index is 13.1. The van der Waals surface area contributed by atoms with E-state index in [9.17, 15) is 33.9 Å². The van der Waals surface area contributed by atoms with Gasteiger partial charge in [0.1, 0.15) is 18.1 Å². The Morgan fingerprint density at radius 1 is 0.692 bits per heavy atom. The summed E-state index contributed by atoms with van der Waals surface area (Å²) in [6.45, 7) is 0.441. The van der Waals surface area contributed by atoms with E-state index in [4.69, 9.17) is 33.8 Å². The zero-order valence-corrected chi connectivity index (χ0v) is 21.8. The van der Waals surface area contributed by atoms with Crippen molar-refractivity contribution in [2.24, 2.45) is 33.7 Å². The largest absolute Gasteiger partial charge is 0.481 e. The smallest absolute Gasteiger partial charge is 0.326 e. The number of amides is 4. The van der Waals surface area contributed by atoms with Crippen LogP contribution in [0.4, 0.5) is 0 Å².